The summed E-state index contributed by atoms with van der Waals surface area (Å²) < 4.78 is 33.4. The number of carbonyl (C=O) groups excluding carboxylic acids is 1. The van der Waals surface area contributed by atoms with Gasteiger partial charge >= 0.3 is 5.97 Å². The molecule has 0 unspecified atom stereocenters. The summed E-state index contributed by atoms with van der Waals surface area (Å²) in [6, 6.07) is 11.7. The number of para-hydroxylation sites is 1. The van der Waals surface area contributed by atoms with E-state index in [9.17, 15) is 18.8 Å². The summed E-state index contributed by atoms with van der Waals surface area (Å²) in [6.45, 7) is 0. The Kier molecular flexibility index (Phi) is 4.42. The molecule has 7 heteroatoms. The molecule has 0 atom stereocenters. The van der Waals surface area contributed by atoms with E-state index in [1.54, 1.807) is 24.3 Å². The van der Waals surface area contributed by atoms with Gasteiger partial charge < -0.3 is 15.0 Å². The van der Waals surface area contributed by atoms with Crippen molar-refractivity contribution in [3.8, 4) is 22.9 Å². The fourth-order valence-corrected chi connectivity index (χ4v) is 2.74. The first-order valence-corrected chi connectivity index (χ1v) is 7.51. The molecule has 0 aliphatic carbocycles. The van der Waals surface area contributed by atoms with E-state index in [0.29, 0.717) is 11.3 Å². The maximum atomic E-state index is 13.6. The standard InChI is InChI=1S/C19H13F2N3O2/c1-26-19(25)18-17(23)12(9-22)10-24(18)16-5-3-2-4-15(16)11-6-13(20)8-14(21)7-11/h2-8,10H,23H2,1H3. The minimum absolute atomic E-state index is 0.0282. The summed E-state index contributed by atoms with van der Waals surface area (Å²) in [5.74, 6) is -2.19. The molecule has 0 aliphatic heterocycles. The second-order valence-electron chi connectivity index (χ2n) is 5.45. The first-order chi connectivity index (χ1) is 12.5. The van der Waals surface area contributed by atoms with Crippen LogP contribution in [0.25, 0.3) is 16.8 Å². The molecule has 0 saturated carbocycles. The number of esters is 1. The zero-order valence-electron chi connectivity index (χ0n) is 13.7. The van der Waals surface area contributed by atoms with E-state index in [-0.39, 0.29) is 22.5 Å². The second-order valence-corrected chi connectivity index (χ2v) is 5.45. The number of anilines is 1. The topological polar surface area (TPSA) is 81.0 Å². The van der Waals surface area contributed by atoms with Crippen LogP contribution in [0.4, 0.5) is 14.5 Å². The van der Waals surface area contributed by atoms with Gasteiger partial charge in [0.2, 0.25) is 0 Å². The van der Waals surface area contributed by atoms with Gasteiger partial charge in [0, 0.05) is 17.8 Å². The number of carbonyl (C=O) groups is 1. The van der Waals surface area contributed by atoms with E-state index in [1.807, 2.05) is 6.07 Å². The highest BCUT2D eigenvalue weighted by Gasteiger charge is 2.23. The highest BCUT2D eigenvalue weighted by molar-refractivity contribution is 5.96. The normalized spacial score (nSPS) is 10.4. The number of aromatic nitrogens is 1. The number of nitrogens with zero attached hydrogens (tertiary/aromatic N) is 2. The number of hydrogen-bond acceptors (Lipinski definition) is 4. The van der Waals surface area contributed by atoms with Crippen molar-refractivity contribution in [2.75, 3.05) is 12.8 Å². The van der Waals surface area contributed by atoms with Gasteiger partial charge in [0.05, 0.1) is 24.0 Å². The van der Waals surface area contributed by atoms with Crippen LogP contribution in [0, 0.1) is 23.0 Å². The van der Waals surface area contributed by atoms with Crippen molar-refractivity contribution in [2.24, 2.45) is 0 Å². The van der Waals surface area contributed by atoms with Crippen molar-refractivity contribution in [3.05, 3.63) is 71.6 Å². The zero-order chi connectivity index (χ0) is 18.8. The third kappa shape index (κ3) is 2.89. The SMILES string of the molecule is COC(=O)c1c(N)c(C#N)cn1-c1ccccc1-c1cc(F)cc(F)c1. The molecular weight excluding hydrogens is 340 g/mol. The molecule has 1 aromatic heterocycles. The number of halogens is 2. The second kappa shape index (κ2) is 6.69. The molecule has 0 bridgehead atoms. The molecule has 130 valence electrons. The smallest absolute Gasteiger partial charge is 0.357 e. The fraction of sp³-hybridized carbons (Fsp3) is 0.0526. The number of benzene rings is 2. The van der Waals surface area contributed by atoms with Crippen LogP contribution in [-0.2, 0) is 4.74 Å². The lowest BCUT2D eigenvalue weighted by Crippen LogP contribution is -2.11. The fourth-order valence-electron chi connectivity index (χ4n) is 2.74. The first kappa shape index (κ1) is 17.2. The molecule has 0 amide bonds. The van der Waals surface area contributed by atoms with Crippen LogP contribution >= 0.6 is 0 Å². The predicted octanol–water partition coefficient (Wildman–Crippen LogP) is 3.66. The third-order valence-electron chi connectivity index (χ3n) is 3.88. The minimum atomic E-state index is -0.732. The van der Waals surface area contributed by atoms with E-state index < -0.39 is 17.6 Å². The molecule has 0 aliphatic rings. The molecule has 2 aromatic carbocycles. The maximum Gasteiger partial charge on any atom is 0.357 e. The largest absolute Gasteiger partial charge is 0.464 e. The third-order valence-corrected chi connectivity index (χ3v) is 3.88. The van der Waals surface area contributed by atoms with Gasteiger partial charge in [-0.05, 0) is 23.8 Å². The van der Waals surface area contributed by atoms with Crippen LogP contribution < -0.4 is 5.73 Å². The number of methoxy groups -OCH3 is 1. The van der Waals surface area contributed by atoms with Crippen molar-refractivity contribution in [1.82, 2.24) is 4.57 Å². The van der Waals surface area contributed by atoms with Gasteiger partial charge in [-0.2, -0.15) is 5.26 Å². The maximum absolute atomic E-state index is 13.6. The van der Waals surface area contributed by atoms with Crippen molar-refractivity contribution in [2.45, 2.75) is 0 Å². The molecular formula is C19H13F2N3O2. The summed E-state index contributed by atoms with van der Waals surface area (Å²) in [6.07, 6.45) is 1.38. The molecule has 0 spiro atoms. The van der Waals surface area contributed by atoms with Gasteiger partial charge in [-0.15, -0.1) is 0 Å². The van der Waals surface area contributed by atoms with E-state index in [0.717, 1.165) is 6.07 Å². The van der Waals surface area contributed by atoms with Crippen LogP contribution in [0.5, 0.6) is 0 Å². The molecule has 3 rings (SSSR count). The van der Waals surface area contributed by atoms with Crippen molar-refractivity contribution >= 4 is 11.7 Å². The quantitative estimate of drug-likeness (QED) is 0.729. The van der Waals surface area contributed by atoms with Gasteiger partial charge in [-0.25, -0.2) is 13.6 Å². The van der Waals surface area contributed by atoms with Gasteiger partial charge in [0.1, 0.15) is 17.7 Å². The lowest BCUT2D eigenvalue weighted by atomic mass is 10.0. The average Bonchev–Trinajstić information content (AvgIpc) is 2.96. The Morgan fingerprint density at radius 2 is 1.85 bits per heavy atom. The lowest BCUT2D eigenvalue weighted by molar-refractivity contribution is 0.0593. The first-order valence-electron chi connectivity index (χ1n) is 7.51. The van der Waals surface area contributed by atoms with Gasteiger partial charge in [-0.1, -0.05) is 18.2 Å². The Balaban J connectivity index is 2.30. The van der Waals surface area contributed by atoms with E-state index >= 15 is 0 Å². The number of nitriles is 1. The highest BCUT2D eigenvalue weighted by atomic mass is 19.1. The van der Waals surface area contributed by atoms with E-state index in [4.69, 9.17) is 10.5 Å². The zero-order valence-corrected chi connectivity index (χ0v) is 13.7. The molecule has 0 saturated heterocycles. The van der Waals surface area contributed by atoms with Crippen molar-refractivity contribution in [3.63, 3.8) is 0 Å². The summed E-state index contributed by atoms with van der Waals surface area (Å²) in [4.78, 5) is 12.2. The Labute approximate surface area is 147 Å². The molecule has 3 aromatic rings. The Hall–Kier alpha value is -3.66. The molecule has 0 fully saturated rings. The van der Waals surface area contributed by atoms with Gasteiger partial charge in [0.25, 0.3) is 0 Å². The summed E-state index contributed by atoms with van der Waals surface area (Å²) in [7, 11) is 1.19. The molecule has 0 radical (unpaired) electrons. The van der Waals surface area contributed by atoms with E-state index in [2.05, 4.69) is 0 Å². The molecule has 26 heavy (non-hydrogen) atoms. The number of nitrogens with two attached hydrogens (primary N) is 1. The Bertz CT molecular complexity index is 1030. The lowest BCUT2D eigenvalue weighted by Gasteiger charge is -2.14. The summed E-state index contributed by atoms with van der Waals surface area (Å²) in [5.41, 5.74) is 7.08. The number of hydrogen-bond donors (Lipinski definition) is 1. The van der Waals surface area contributed by atoms with Crippen molar-refractivity contribution in [1.29, 1.82) is 5.26 Å². The van der Waals surface area contributed by atoms with Crippen LogP contribution in [0.1, 0.15) is 16.1 Å². The van der Waals surface area contributed by atoms with E-state index in [1.165, 1.54) is 30.0 Å². The molecule has 1 heterocycles. The molecule has 5 nitrogen and oxygen atoms in total. The highest BCUT2D eigenvalue weighted by Crippen LogP contribution is 2.32. The average molecular weight is 353 g/mol. The summed E-state index contributed by atoms with van der Waals surface area (Å²) in [5, 5.41) is 9.22. The monoisotopic (exact) mass is 353 g/mol. The van der Waals surface area contributed by atoms with Crippen LogP contribution in [0.3, 0.4) is 0 Å². The Morgan fingerprint density at radius 1 is 1.19 bits per heavy atom. The van der Waals surface area contributed by atoms with Crippen LogP contribution in [0.15, 0.2) is 48.7 Å². The van der Waals surface area contributed by atoms with Crippen LogP contribution in [-0.4, -0.2) is 17.6 Å². The number of ether oxygens (including phenoxy) is 1. The van der Waals surface area contributed by atoms with Gasteiger partial charge in [-0.3, -0.25) is 0 Å². The Morgan fingerprint density at radius 3 is 2.46 bits per heavy atom. The number of nitrogen functional groups attached to an aromatic ring is 1. The van der Waals surface area contributed by atoms with Crippen LogP contribution in [0.2, 0.25) is 0 Å². The van der Waals surface area contributed by atoms with Gasteiger partial charge in [0.15, 0.2) is 5.69 Å². The number of rotatable bonds is 3. The summed E-state index contributed by atoms with van der Waals surface area (Å²) >= 11 is 0. The predicted molar refractivity (Wildman–Crippen MR) is 91.6 cm³/mol. The van der Waals surface area contributed by atoms with Crippen molar-refractivity contribution < 1.29 is 18.3 Å². The minimum Gasteiger partial charge on any atom is -0.464 e. The molecule has 2 N–H and O–H groups in total.